The number of morpholine rings is 1. The first-order valence-corrected chi connectivity index (χ1v) is 4.43. The molecule has 12 heavy (non-hydrogen) atoms. The Morgan fingerprint density at radius 3 is 3.00 bits per heavy atom. The van der Waals surface area contributed by atoms with Crippen LogP contribution in [0.15, 0.2) is 0 Å². The zero-order valence-corrected chi connectivity index (χ0v) is 7.84. The van der Waals surface area contributed by atoms with Crippen molar-refractivity contribution in [3.05, 3.63) is 0 Å². The summed E-state index contributed by atoms with van der Waals surface area (Å²) in [6.45, 7) is 7.29. The summed E-state index contributed by atoms with van der Waals surface area (Å²) in [6.07, 6.45) is 1.01. The summed E-state index contributed by atoms with van der Waals surface area (Å²) in [4.78, 5) is 2.15. The first-order valence-electron chi connectivity index (χ1n) is 4.43. The molecule has 1 atom stereocenters. The number of ether oxygens (including phenoxy) is 1. The SMILES string of the molecule is CCC1(C)CN(CC#N)CCO1. The van der Waals surface area contributed by atoms with Gasteiger partial charge >= 0.3 is 0 Å². The summed E-state index contributed by atoms with van der Waals surface area (Å²) in [5.41, 5.74) is -0.0326. The van der Waals surface area contributed by atoms with Crippen molar-refractivity contribution in [2.45, 2.75) is 25.9 Å². The van der Waals surface area contributed by atoms with Crippen molar-refractivity contribution >= 4 is 0 Å². The molecule has 0 aliphatic carbocycles. The molecule has 0 aromatic carbocycles. The van der Waals surface area contributed by atoms with Crippen molar-refractivity contribution in [3.63, 3.8) is 0 Å². The number of nitrogens with zero attached hydrogens (tertiary/aromatic N) is 2. The molecular weight excluding hydrogens is 152 g/mol. The molecule has 1 fully saturated rings. The van der Waals surface area contributed by atoms with Crippen LogP contribution in [0, 0.1) is 11.3 Å². The van der Waals surface area contributed by atoms with Crippen molar-refractivity contribution in [1.29, 1.82) is 5.26 Å². The highest BCUT2D eigenvalue weighted by Crippen LogP contribution is 2.20. The Morgan fingerprint density at radius 2 is 2.42 bits per heavy atom. The third-order valence-corrected chi connectivity index (χ3v) is 2.46. The molecule has 0 amide bonds. The van der Waals surface area contributed by atoms with Crippen LogP contribution < -0.4 is 0 Å². The summed E-state index contributed by atoms with van der Waals surface area (Å²) in [7, 11) is 0. The molecule has 0 bridgehead atoms. The standard InChI is InChI=1S/C9H16N2O/c1-3-9(2)8-11(5-4-10)6-7-12-9/h3,5-8H2,1-2H3. The second kappa shape index (κ2) is 3.88. The predicted octanol–water partition coefficient (Wildman–Crippen LogP) is 1.01. The molecule has 0 N–H and O–H groups in total. The van der Waals surface area contributed by atoms with E-state index in [-0.39, 0.29) is 5.60 Å². The minimum absolute atomic E-state index is 0.0326. The van der Waals surface area contributed by atoms with Gasteiger partial charge in [0.15, 0.2) is 0 Å². The minimum Gasteiger partial charge on any atom is -0.373 e. The Hall–Kier alpha value is -0.590. The molecule has 1 rings (SSSR count). The van der Waals surface area contributed by atoms with E-state index in [0.717, 1.165) is 26.1 Å². The average molecular weight is 168 g/mol. The van der Waals surface area contributed by atoms with Crippen molar-refractivity contribution < 1.29 is 4.74 Å². The number of hydrogen-bond donors (Lipinski definition) is 0. The maximum Gasteiger partial charge on any atom is 0.0867 e. The van der Waals surface area contributed by atoms with Crippen molar-refractivity contribution in [3.8, 4) is 6.07 Å². The molecular formula is C9H16N2O. The zero-order valence-electron chi connectivity index (χ0n) is 7.84. The zero-order chi connectivity index (χ0) is 9.03. The quantitative estimate of drug-likeness (QED) is 0.577. The van der Waals surface area contributed by atoms with E-state index in [9.17, 15) is 0 Å². The maximum absolute atomic E-state index is 8.53. The Balaban J connectivity index is 2.46. The molecule has 0 radical (unpaired) electrons. The average Bonchev–Trinajstić information content (AvgIpc) is 2.05. The van der Waals surface area contributed by atoms with Crippen LogP contribution in [-0.2, 0) is 4.74 Å². The molecule has 3 nitrogen and oxygen atoms in total. The Labute approximate surface area is 73.9 Å². The minimum atomic E-state index is -0.0326. The van der Waals surface area contributed by atoms with E-state index in [0.29, 0.717) is 6.54 Å². The van der Waals surface area contributed by atoms with Crippen LogP contribution in [0.1, 0.15) is 20.3 Å². The maximum atomic E-state index is 8.53. The lowest BCUT2D eigenvalue weighted by molar-refractivity contribution is -0.0961. The van der Waals surface area contributed by atoms with Gasteiger partial charge in [-0.15, -0.1) is 0 Å². The second-order valence-corrected chi connectivity index (χ2v) is 3.52. The molecule has 1 unspecified atom stereocenters. The normalized spacial score (nSPS) is 31.4. The van der Waals surface area contributed by atoms with Gasteiger partial charge in [-0.2, -0.15) is 5.26 Å². The van der Waals surface area contributed by atoms with Crippen molar-refractivity contribution in [2.24, 2.45) is 0 Å². The van der Waals surface area contributed by atoms with Gasteiger partial charge in [-0.05, 0) is 13.3 Å². The molecule has 0 spiro atoms. The molecule has 0 saturated carbocycles. The molecule has 68 valence electrons. The first-order chi connectivity index (χ1) is 5.70. The first kappa shape index (κ1) is 9.50. The van der Waals surface area contributed by atoms with Gasteiger partial charge in [0.25, 0.3) is 0 Å². The lowest BCUT2D eigenvalue weighted by Gasteiger charge is -2.38. The predicted molar refractivity (Wildman–Crippen MR) is 46.7 cm³/mol. The van der Waals surface area contributed by atoms with Gasteiger partial charge in [0.05, 0.1) is 24.8 Å². The van der Waals surface area contributed by atoms with Gasteiger partial charge in [0, 0.05) is 13.1 Å². The van der Waals surface area contributed by atoms with E-state index < -0.39 is 0 Å². The molecule has 1 aliphatic heterocycles. The van der Waals surface area contributed by atoms with Gasteiger partial charge in [-0.3, -0.25) is 4.90 Å². The second-order valence-electron chi connectivity index (χ2n) is 3.52. The van der Waals surface area contributed by atoms with E-state index in [2.05, 4.69) is 24.8 Å². The van der Waals surface area contributed by atoms with Crippen LogP contribution in [0.2, 0.25) is 0 Å². The largest absolute Gasteiger partial charge is 0.373 e. The fraction of sp³-hybridized carbons (Fsp3) is 0.889. The van der Waals surface area contributed by atoms with E-state index in [4.69, 9.17) is 10.00 Å². The lowest BCUT2D eigenvalue weighted by atomic mass is 10.0. The summed E-state index contributed by atoms with van der Waals surface area (Å²) in [6, 6.07) is 2.17. The molecule has 1 saturated heterocycles. The summed E-state index contributed by atoms with van der Waals surface area (Å²) in [5, 5.41) is 8.53. The number of hydrogen-bond acceptors (Lipinski definition) is 3. The van der Waals surface area contributed by atoms with Gasteiger partial charge in [-0.25, -0.2) is 0 Å². The van der Waals surface area contributed by atoms with E-state index in [1.165, 1.54) is 0 Å². The van der Waals surface area contributed by atoms with Gasteiger partial charge in [0.2, 0.25) is 0 Å². The third kappa shape index (κ3) is 2.20. The third-order valence-electron chi connectivity index (χ3n) is 2.46. The van der Waals surface area contributed by atoms with Crippen LogP contribution in [0.3, 0.4) is 0 Å². The Kier molecular flexibility index (Phi) is 3.07. The van der Waals surface area contributed by atoms with E-state index in [1.807, 2.05) is 0 Å². The summed E-state index contributed by atoms with van der Waals surface area (Å²) < 4.78 is 5.64. The monoisotopic (exact) mass is 168 g/mol. The highest BCUT2D eigenvalue weighted by atomic mass is 16.5. The van der Waals surface area contributed by atoms with Crippen molar-refractivity contribution in [2.75, 3.05) is 26.2 Å². The molecule has 0 aromatic rings. The summed E-state index contributed by atoms with van der Waals surface area (Å²) in [5.74, 6) is 0. The molecule has 0 aromatic heterocycles. The summed E-state index contributed by atoms with van der Waals surface area (Å²) >= 11 is 0. The van der Waals surface area contributed by atoms with Gasteiger partial charge in [0.1, 0.15) is 0 Å². The van der Waals surface area contributed by atoms with Crippen LogP contribution in [-0.4, -0.2) is 36.7 Å². The lowest BCUT2D eigenvalue weighted by Crippen LogP contribution is -2.49. The fourth-order valence-electron chi connectivity index (χ4n) is 1.47. The van der Waals surface area contributed by atoms with Crippen LogP contribution in [0.5, 0.6) is 0 Å². The van der Waals surface area contributed by atoms with Gasteiger partial charge < -0.3 is 4.74 Å². The Morgan fingerprint density at radius 1 is 1.67 bits per heavy atom. The topological polar surface area (TPSA) is 36.3 Å². The highest BCUT2D eigenvalue weighted by Gasteiger charge is 2.29. The van der Waals surface area contributed by atoms with Crippen LogP contribution in [0.4, 0.5) is 0 Å². The molecule has 3 heteroatoms. The number of rotatable bonds is 2. The highest BCUT2D eigenvalue weighted by molar-refractivity contribution is 4.86. The van der Waals surface area contributed by atoms with E-state index >= 15 is 0 Å². The van der Waals surface area contributed by atoms with Crippen LogP contribution in [0.25, 0.3) is 0 Å². The van der Waals surface area contributed by atoms with Crippen molar-refractivity contribution in [1.82, 2.24) is 4.90 Å². The van der Waals surface area contributed by atoms with Crippen LogP contribution >= 0.6 is 0 Å². The molecule has 1 aliphatic rings. The smallest absolute Gasteiger partial charge is 0.0867 e. The van der Waals surface area contributed by atoms with E-state index in [1.54, 1.807) is 0 Å². The molecule has 1 heterocycles. The Bertz CT molecular complexity index is 187. The van der Waals surface area contributed by atoms with Gasteiger partial charge in [-0.1, -0.05) is 6.92 Å². The number of nitriles is 1. The fourth-order valence-corrected chi connectivity index (χ4v) is 1.47.